The van der Waals surface area contributed by atoms with Crippen LogP contribution in [0.5, 0.6) is 0 Å². The minimum Gasteiger partial charge on any atom is -0.264 e. The molecule has 0 amide bonds. The summed E-state index contributed by atoms with van der Waals surface area (Å²) in [7, 11) is 0. The van der Waals surface area contributed by atoms with Gasteiger partial charge in [-0.1, -0.05) is 42.5 Å². The standard InChI is InChI=1S/C25H16FN3/c26-23-11-5-4-9-20(23)24-15-21(19-10-6-13-28-25(19)29-24)22-16-27-14-12-18(22)17-7-2-1-3-8-17/h1-16H. The van der Waals surface area contributed by atoms with E-state index in [-0.39, 0.29) is 5.82 Å². The van der Waals surface area contributed by atoms with E-state index in [1.807, 2.05) is 54.7 Å². The molecule has 0 unspecified atom stereocenters. The Hall–Kier alpha value is -3.92. The molecule has 5 aromatic rings. The summed E-state index contributed by atoms with van der Waals surface area (Å²) < 4.78 is 14.5. The lowest BCUT2D eigenvalue weighted by atomic mass is 9.94. The molecule has 0 atom stereocenters. The second kappa shape index (κ2) is 7.24. The zero-order valence-corrected chi connectivity index (χ0v) is 15.5. The Kier molecular flexibility index (Phi) is 4.30. The van der Waals surface area contributed by atoms with Crippen LogP contribution in [-0.2, 0) is 0 Å². The van der Waals surface area contributed by atoms with E-state index in [0.717, 1.165) is 27.6 Å². The summed E-state index contributed by atoms with van der Waals surface area (Å²) in [6, 6.07) is 24.6. The molecule has 3 heterocycles. The maximum atomic E-state index is 14.5. The summed E-state index contributed by atoms with van der Waals surface area (Å²) in [4.78, 5) is 13.4. The average Bonchev–Trinajstić information content (AvgIpc) is 2.79. The SMILES string of the molecule is Fc1ccccc1-c1cc(-c2cnccc2-c2ccccc2)c2cccnc2n1. The Morgan fingerprint density at radius 3 is 2.34 bits per heavy atom. The zero-order chi connectivity index (χ0) is 19.6. The van der Waals surface area contributed by atoms with E-state index in [0.29, 0.717) is 16.9 Å². The van der Waals surface area contributed by atoms with Crippen molar-refractivity contribution in [3.8, 4) is 33.5 Å². The minimum absolute atomic E-state index is 0.310. The van der Waals surface area contributed by atoms with Gasteiger partial charge in [0, 0.05) is 35.1 Å². The van der Waals surface area contributed by atoms with Gasteiger partial charge in [-0.3, -0.25) is 4.98 Å². The fourth-order valence-corrected chi connectivity index (χ4v) is 3.57. The van der Waals surface area contributed by atoms with Gasteiger partial charge in [-0.2, -0.15) is 0 Å². The lowest BCUT2D eigenvalue weighted by Gasteiger charge is -2.13. The molecule has 0 fully saturated rings. The Bertz CT molecular complexity index is 1320. The molecule has 5 rings (SSSR count). The molecule has 0 bridgehead atoms. The van der Waals surface area contributed by atoms with Crippen LogP contribution in [0.2, 0.25) is 0 Å². The van der Waals surface area contributed by atoms with Crippen molar-refractivity contribution in [3.63, 3.8) is 0 Å². The molecule has 29 heavy (non-hydrogen) atoms. The van der Waals surface area contributed by atoms with E-state index < -0.39 is 0 Å². The van der Waals surface area contributed by atoms with Crippen LogP contribution < -0.4 is 0 Å². The molecule has 138 valence electrons. The molecular weight excluding hydrogens is 361 g/mol. The highest BCUT2D eigenvalue weighted by Gasteiger charge is 2.15. The fraction of sp³-hybridized carbons (Fsp3) is 0. The average molecular weight is 377 g/mol. The predicted molar refractivity (Wildman–Crippen MR) is 114 cm³/mol. The fourth-order valence-electron chi connectivity index (χ4n) is 3.57. The monoisotopic (exact) mass is 377 g/mol. The molecule has 3 nitrogen and oxygen atoms in total. The summed E-state index contributed by atoms with van der Waals surface area (Å²) in [6.45, 7) is 0. The topological polar surface area (TPSA) is 38.7 Å². The Morgan fingerprint density at radius 2 is 1.48 bits per heavy atom. The van der Waals surface area contributed by atoms with Crippen LogP contribution in [0.3, 0.4) is 0 Å². The van der Waals surface area contributed by atoms with Crippen LogP contribution in [0.25, 0.3) is 44.5 Å². The highest BCUT2D eigenvalue weighted by Crippen LogP contribution is 2.37. The zero-order valence-electron chi connectivity index (χ0n) is 15.5. The molecule has 0 saturated heterocycles. The van der Waals surface area contributed by atoms with E-state index in [2.05, 4.69) is 27.1 Å². The van der Waals surface area contributed by atoms with Crippen molar-refractivity contribution in [2.24, 2.45) is 0 Å². The van der Waals surface area contributed by atoms with Gasteiger partial charge in [0.1, 0.15) is 5.82 Å². The van der Waals surface area contributed by atoms with Gasteiger partial charge in [0.15, 0.2) is 5.65 Å². The molecule has 0 aliphatic heterocycles. The number of pyridine rings is 3. The maximum absolute atomic E-state index is 14.5. The van der Waals surface area contributed by atoms with Gasteiger partial charge in [-0.25, -0.2) is 14.4 Å². The van der Waals surface area contributed by atoms with Crippen molar-refractivity contribution in [3.05, 3.63) is 103 Å². The van der Waals surface area contributed by atoms with Crippen molar-refractivity contribution in [1.29, 1.82) is 0 Å². The Morgan fingerprint density at radius 1 is 0.655 bits per heavy atom. The van der Waals surface area contributed by atoms with Crippen LogP contribution in [0.4, 0.5) is 4.39 Å². The smallest absolute Gasteiger partial charge is 0.160 e. The van der Waals surface area contributed by atoms with Gasteiger partial charge in [-0.15, -0.1) is 0 Å². The number of halogens is 1. The van der Waals surface area contributed by atoms with Gasteiger partial charge in [0.05, 0.1) is 5.69 Å². The van der Waals surface area contributed by atoms with Crippen molar-refractivity contribution in [1.82, 2.24) is 15.0 Å². The number of aromatic nitrogens is 3. The first-order valence-corrected chi connectivity index (χ1v) is 9.32. The Balaban J connectivity index is 1.82. The molecule has 0 saturated carbocycles. The molecular formula is C25H16FN3. The summed E-state index contributed by atoms with van der Waals surface area (Å²) >= 11 is 0. The first-order valence-electron chi connectivity index (χ1n) is 9.32. The first kappa shape index (κ1) is 17.2. The van der Waals surface area contributed by atoms with Crippen LogP contribution >= 0.6 is 0 Å². The molecule has 0 aliphatic carbocycles. The lowest BCUT2D eigenvalue weighted by Crippen LogP contribution is -1.95. The maximum Gasteiger partial charge on any atom is 0.160 e. The summed E-state index contributed by atoms with van der Waals surface area (Å²) in [6.07, 6.45) is 5.33. The van der Waals surface area contributed by atoms with E-state index in [1.165, 1.54) is 6.07 Å². The third-order valence-corrected chi connectivity index (χ3v) is 4.93. The van der Waals surface area contributed by atoms with Crippen molar-refractivity contribution in [2.75, 3.05) is 0 Å². The second-order valence-electron chi connectivity index (χ2n) is 6.70. The summed E-state index contributed by atoms with van der Waals surface area (Å²) in [5, 5.41) is 0.901. The quantitative estimate of drug-likeness (QED) is 0.378. The number of nitrogens with zero attached hydrogens (tertiary/aromatic N) is 3. The summed E-state index contributed by atoms with van der Waals surface area (Å²) in [5.41, 5.74) is 5.59. The molecule has 0 radical (unpaired) electrons. The van der Waals surface area contributed by atoms with Crippen LogP contribution in [0.15, 0.2) is 97.5 Å². The van der Waals surface area contributed by atoms with Gasteiger partial charge in [0.2, 0.25) is 0 Å². The molecule has 0 N–H and O–H groups in total. The predicted octanol–water partition coefficient (Wildman–Crippen LogP) is 6.16. The third kappa shape index (κ3) is 3.15. The van der Waals surface area contributed by atoms with E-state index in [4.69, 9.17) is 0 Å². The van der Waals surface area contributed by atoms with Crippen LogP contribution in [0, 0.1) is 5.82 Å². The largest absolute Gasteiger partial charge is 0.264 e. The Labute approximate surface area is 167 Å². The molecule has 2 aromatic carbocycles. The number of benzene rings is 2. The summed E-state index contributed by atoms with van der Waals surface area (Å²) in [5.74, 6) is -0.310. The lowest BCUT2D eigenvalue weighted by molar-refractivity contribution is 0.631. The van der Waals surface area contributed by atoms with E-state index >= 15 is 0 Å². The first-order chi connectivity index (χ1) is 14.3. The molecule has 0 spiro atoms. The second-order valence-corrected chi connectivity index (χ2v) is 6.70. The highest BCUT2D eigenvalue weighted by atomic mass is 19.1. The van der Waals surface area contributed by atoms with Crippen molar-refractivity contribution < 1.29 is 4.39 Å². The number of hydrogen-bond acceptors (Lipinski definition) is 3. The third-order valence-electron chi connectivity index (χ3n) is 4.93. The van der Waals surface area contributed by atoms with Crippen LogP contribution in [0.1, 0.15) is 0 Å². The van der Waals surface area contributed by atoms with Gasteiger partial charge < -0.3 is 0 Å². The van der Waals surface area contributed by atoms with Crippen molar-refractivity contribution in [2.45, 2.75) is 0 Å². The van der Waals surface area contributed by atoms with Crippen LogP contribution in [-0.4, -0.2) is 15.0 Å². The van der Waals surface area contributed by atoms with E-state index in [9.17, 15) is 4.39 Å². The van der Waals surface area contributed by atoms with Gasteiger partial charge in [0.25, 0.3) is 0 Å². The normalized spacial score (nSPS) is 10.9. The molecule has 0 aliphatic rings. The number of hydrogen-bond donors (Lipinski definition) is 0. The highest BCUT2D eigenvalue weighted by molar-refractivity contribution is 5.99. The number of rotatable bonds is 3. The van der Waals surface area contributed by atoms with Crippen molar-refractivity contribution >= 4 is 11.0 Å². The number of fused-ring (bicyclic) bond motifs is 1. The minimum atomic E-state index is -0.310. The molecule has 4 heteroatoms. The van der Waals surface area contributed by atoms with Gasteiger partial charge in [-0.05, 0) is 53.1 Å². The van der Waals surface area contributed by atoms with Gasteiger partial charge >= 0.3 is 0 Å². The van der Waals surface area contributed by atoms with E-state index in [1.54, 1.807) is 24.5 Å². The molecule has 3 aromatic heterocycles.